The van der Waals surface area contributed by atoms with E-state index in [-0.39, 0.29) is 35.9 Å². The maximum Gasteiger partial charge on any atom is 0.433 e. The molecule has 2 amide bonds. The quantitative estimate of drug-likeness (QED) is 0.592. The fourth-order valence-electron chi connectivity index (χ4n) is 6.34. The number of nitrogens with one attached hydrogen (secondary N) is 1. The van der Waals surface area contributed by atoms with Crippen molar-refractivity contribution in [2.75, 3.05) is 13.1 Å². The van der Waals surface area contributed by atoms with Crippen LogP contribution >= 0.6 is 0 Å². The van der Waals surface area contributed by atoms with Crippen LogP contribution in [0.5, 0.6) is 5.75 Å². The highest BCUT2D eigenvalue weighted by atomic mass is 19.4. The van der Waals surface area contributed by atoms with Gasteiger partial charge < -0.3 is 4.74 Å². The van der Waals surface area contributed by atoms with E-state index in [2.05, 4.69) is 32.2 Å². The maximum atomic E-state index is 12.8. The van der Waals surface area contributed by atoms with Crippen molar-refractivity contribution in [3.8, 4) is 5.75 Å². The molecule has 1 aromatic heterocycles. The Bertz CT molecular complexity index is 1210. The number of imide groups is 1. The number of ether oxygens (including phenoxy) is 1. The summed E-state index contributed by atoms with van der Waals surface area (Å²) >= 11 is 0. The highest BCUT2D eigenvalue weighted by Crippen LogP contribution is 2.37. The van der Waals surface area contributed by atoms with E-state index in [1.807, 2.05) is 6.07 Å². The van der Waals surface area contributed by atoms with Gasteiger partial charge in [0.15, 0.2) is 0 Å². The standard InChI is InChI=1S/C28H31F3N4O3/c29-28(30,31)25-9-6-17(12-32-25)20-15-34(16-20)22-3-1-2-4-24(22)38-21-7-5-18-13-35(14-19(18)11-21)23-8-10-26(36)33-27(23)37/h5-7,9,11-12,20,22-24H,1-4,8,10,13-16H2,(H,33,36,37)/t22?,23?,24-/m1/s1. The number of carbonyl (C=O) groups is 2. The Kier molecular flexibility index (Phi) is 6.63. The van der Waals surface area contributed by atoms with Crippen molar-refractivity contribution in [2.24, 2.45) is 0 Å². The summed E-state index contributed by atoms with van der Waals surface area (Å²) in [5.74, 6) is 0.598. The summed E-state index contributed by atoms with van der Waals surface area (Å²) in [6.45, 7) is 2.93. The fourth-order valence-corrected chi connectivity index (χ4v) is 6.34. The molecule has 0 bridgehead atoms. The van der Waals surface area contributed by atoms with Crippen LogP contribution in [-0.4, -0.2) is 57.9 Å². The minimum absolute atomic E-state index is 0.0566. The number of amides is 2. The maximum absolute atomic E-state index is 12.8. The van der Waals surface area contributed by atoms with Gasteiger partial charge in [-0.15, -0.1) is 0 Å². The summed E-state index contributed by atoms with van der Waals surface area (Å²) in [7, 11) is 0. The van der Waals surface area contributed by atoms with Crippen LogP contribution in [0, 0.1) is 0 Å². The zero-order valence-electron chi connectivity index (χ0n) is 21.0. The third kappa shape index (κ3) is 5.03. The second-order valence-electron chi connectivity index (χ2n) is 10.9. The summed E-state index contributed by atoms with van der Waals surface area (Å²) < 4.78 is 45.0. The summed E-state index contributed by atoms with van der Waals surface area (Å²) in [5, 5.41) is 2.45. The molecular weight excluding hydrogens is 497 g/mol. The lowest BCUT2D eigenvalue weighted by Crippen LogP contribution is -2.57. The molecule has 1 saturated carbocycles. The van der Waals surface area contributed by atoms with Gasteiger partial charge in [-0.1, -0.05) is 18.6 Å². The Morgan fingerprint density at radius 2 is 1.74 bits per heavy atom. The van der Waals surface area contributed by atoms with Gasteiger partial charge in [0.2, 0.25) is 11.8 Å². The Balaban J connectivity index is 1.07. The van der Waals surface area contributed by atoms with Crippen LogP contribution < -0.4 is 10.1 Å². The molecule has 3 fully saturated rings. The van der Waals surface area contributed by atoms with E-state index in [0.717, 1.165) is 61.7 Å². The van der Waals surface area contributed by atoms with Gasteiger partial charge in [0.25, 0.3) is 0 Å². The number of hydrogen-bond acceptors (Lipinski definition) is 6. The van der Waals surface area contributed by atoms with Crippen molar-refractivity contribution >= 4 is 11.8 Å². The number of rotatable bonds is 5. The highest BCUT2D eigenvalue weighted by Gasteiger charge is 2.40. The predicted molar refractivity (Wildman–Crippen MR) is 132 cm³/mol. The molecule has 1 aromatic carbocycles. The van der Waals surface area contributed by atoms with Gasteiger partial charge in [-0.3, -0.25) is 29.7 Å². The average Bonchev–Trinajstić information content (AvgIpc) is 3.27. The lowest BCUT2D eigenvalue weighted by Gasteiger charge is -2.48. The number of likely N-dealkylation sites (tertiary alicyclic amines) is 1. The molecule has 4 aliphatic rings. The Labute approximate surface area is 219 Å². The smallest absolute Gasteiger partial charge is 0.433 e. The molecule has 0 spiro atoms. The normalized spacial score (nSPS) is 27.1. The number of benzene rings is 1. The molecule has 4 heterocycles. The van der Waals surface area contributed by atoms with Crippen molar-refractivity contribution in [1.82, 2.24) is 20.1 Å². The van der Waals surface area contributed by atoms with E-state index in [1.54, 1.807) is 6.07 Å². The lowest BCUT2D eigenvalue weighted by molar-refractivity contribution is -0.141. The molecule has 1 N–H and O–H groups in total. The monoisotopic (exact) mass is 528 g/mol. The predicted octanol–water partition coefficient (Wildman–Crippen LogP) is 4.01. The van der Waals surface area contributed by atoms with Crippen LogP contribution in [0.3, 0.4) is 0 Å². The largest absolute Gasteiger partial charge is 0.489 e. The summed E-state index contributed by atoms with van der Waals surface area (Å²) in [6, 6.07) is 8.77. The van der Waals surface area contributed by atoms with E-state index >= 15 is 0 Å². The molecule has 10 heteroatoms. The number of nitrogens with zero attached hydrogens (tertiary/aromatic N) is 3. The average molecular weight is 529 g/mol. The zero-order valence-corrected chi connectivity index (χ0v) is 21.0. The molecule has 2 unspecified atom stereocenters. The number of piperidine rings is 1. The third-order valence-corrected chi connectivity index (χ3v) is 8.46. The SMILES string of the molecule is O=C1CCC(N2Cc3ccc(O[C@@H]4CCCCC4N4CC(c5ccc(C(F)(F)F)nc5)C4)cc3C2)C(=O)N1. The highest BCUT2D eigenvalue weighted by molar-refractivity contribution is 6.00. The van der Waals surface area contributed by atoms with Gasteiger partial charge in [-0.2, -0.15) is 13.2 Å². The van der Waals surface area contributed by atoms with Crippen LogP contribution in [0.2, 0.25) is 0 Å². The Morgan fingerprint density at radius 3 is 2.47 bits per heavy atom. The van der Waals surface area contributed by atoms with Crippen LogP contribution in [0.25, 0.3) is 0 Å². The van der Waals surface area contributed by atoms with Gasteiger partial charge in [0.05, 0.1) is 6.04 Å². The Hall–Kier alpha value is -2.98. The van der Waals surface area contributed by atoms with Gasteiger partial charge in [-0.05, 0) is 60.6 Å². The number of carbonyl (C=O) groups excluding carboxylic acids is 2. The van der Waals surface area contributed by atoms with Crippen molar-refractivity contribution in [3.63, 3.8) is 0 Å². The van der Waals surface area contributed by atoms with Crippen LogP contribution in [0.4, 0.5) is 13.2 Å². The first-order chi connectivity index (χ1) is 18.2. The summed E-state index contributed by atoms with van der Waals surface area (Å²) in [6.07, 6.45) is 2.16. The van der Waals surface area contributed by atoms with Crippen LogP contribution in [0.15, 0.2) is 36.5 Å². The molecule has 1 aliphatic carbocycles. The first kappa shape index (κ1) is 25.3. The topological polar surface area (TPSA) is 74.8 Å². The fraction of sp³-hybridized carbons (Fsp3) is 0.536. The van der Waals surface area contributed by atoms with Gasteiger partial charge in [-0.25, -0.2) is 0 Å². The van der Waals surface area contributed by atoms with Gasteiger partial charge in [0.1, 0.15) is 17.5 Å². The number of halogens is 3. The van der Waals surface area contributed by atoms with E-state index in [0.29, 0.717) is 25.9 Å². The molecule has 2 aromatic rings. The van der Waals surface area contributed by atoms with Crippen molar-refractivity contribution < 1.29 is 27.5 Å². The van der Waals surface area contributed by atoms with Gasteiger partial charge in [0, 0.05) is 50.8 Å². The van der Waals surface area contributed by atoms with E-state index in [9.17, 15) is 22.8 Å². The molecule has 3 aliphatic heterocycles. The van der Waals surface area contributed by atoms with Crippen LogP contribution in [0.1, 0.15) is 66.8 Å². The lowest BCUT2D eigenvalue weighted by atomic mass is 9.84. The summed E-state index contributed by atoms with van der Waals surface area (Å²) in [4.78, 5) is 32.0. The number of aromatic nitrogens is 1. The first-order valence-electron chi connectivity index (χ1n) is 13.4. The second kappa shape index (κ2) is 9.96. The minimum Gasteiger partial charge on any atom is -0.489 e. The van der Waals surface area contributed by atoms with E-state index in [4.69, 9.17) is 4.74 Å². The van der Waals surface area contributed by atoms with Crippen molar-refractivity contribution in [3.05, 3.63) is 58.9 Å². The number of fused-ring (bicyclic) bond motifs is 1. The molecule has 3 atom stereocenters. The first-order valence-corrected chi connectivity index (χ1v) is 13.4. The molecular formula is C28H31F3N4O3. The van der Waals surface area contributed by atoms with E-state index in [1.165, 1.54) is 11.8 Å². The molecule has 6 rings (SSSR count). The van der Waals surface area contributed by atoms with Crippen molar-refractivity contribution in [1.29, 1.82) is 0 Å². The van der Waals surface area contributed by atoms with Crippen LogP contribution in [-0.2, 0) is 28.9 Å². The number of hydrogen-bond donors (Lipinski definition) is 1. The molecule has 202 valence electrons. The second-order valence-corrected chi connectivity index (χ2v) is 10.9. The minimum atomic E-state index is -4.42. The third-order valence-electron chi connectivity index (χ3n) is 8.46. The zero-order chi connectivity index (χ0) is 26.4. The van der Waals surface area contributed by atoms with Crippen molar-refractivity contribution in [2.45, 2.75) is 81.9 Å². The van der Waals surface area contributed by atoms with Gasteiger partial charge >= 0.3 is 6.18 Å². The van der Waals surface area contributed by atoms with E-state index < -0.39 is 11.9 Å². The molecule has 7 nitrogen and oxygen atoms in total. The Morgan fingerprint density at radius 1 is 0.947 bits per heavy atom. The molecule has 38 heavy (non-hydrogen) atoms. The molecule has 0 radical (unpaired) electrons. The number of pyridine rings is 1. The number of alkyl halides is 3. The molecule has 2 saturated heterocycles. The summed E-state index contributed by atoms with van der Waals surface area (Å²) in [5.41, 5.74) is 2.32.